The molecule has 0 aliphatic heterocycles. The van der Waals surface area contributed by atoms with Crippen molar-refractivity contribution < 1.29 is 4.79 Å². The Kier molecular flexibility index (Phi) is 4.75. The second-order valence-corrected chi connectivity index (χ2v) is 8.24. The van der Waals surface area contributed by atoms with Crippen LogP contribution in [0.4, 0.5) is 5.69 Å². The second-order valence-electron chi connectivity index (χ2n) is 7.81. The predicted octanol–water partition coefficient (Wildman–Crippen LogP) is 4.56. The number of nitrogens with zero attached hydrogens (tertiary/aromatic N) is 4. The summed E-state index contributed by atoms with van der Waals surface area (Å²) in [4.78, 5) is 17.5. The first-order valence-corrected chi connectivity index (χ1v) is 10.3. The van der Waals surface area contributed by atoms with Crippen LogP contribution in [-0.2, 0) is 10.2 Å². The van der Waals surface area contributed by atoms with E-state index in [4.69, 9.17) is 11.6 Å². The monoisotopic (exact) mass is 430 g/mol. The quantitative estimate of drug-likeness (QED) is 0.483. The molecule has 0 unspecified atom stereocenters. The fraction of sp³-hybridized carbons (Fsp3) is 0.174. The van der Waals surface area contributed by atoms with Crippen molar-refractivity contribution in [1.29, 1.82) is 0 Å². The van der Waals surface area contributed by atoms with Crippen LogP contribution in [0.1, 0.15) is 24.0 Å². The van der Waals surface area contributed by atoms with Crippen LogP contribution in [-0.4, -0.2) is 31.5 Å². The molecule has 1 aliphatic rings. The molecule has 7 nitrogen and oxygen atoms in total. The maximum absolute atomic E-state index is 13.2. The molecule has 5 rings (SSSR count). The Hall–Kier alpha value is -3.58. The second kappa shape index (κ2) is 7.59. The third-order valence-electron chi connectivity index (χ3n) is 5.63. The van der Waals surface area contributed by atoms with Crippen LogP contribution >= 0.6 is 11.6 Å². The van der Waals surface area contributed by atoms with E-state index in [1.54, 1.807) is 12.4 Å². The van der Waals surface area contributed by atoms with E-state index in [1.807, 2.05) is 55.5 Å². The molecule has 1 saturated carbocycles. The number of tetrazole rings is 1. The lowest BCUT2D eigenvalue weighted by Crippen LogP contribution is -2.27. The van der Waals surface area contributed by atoms with E-state index < -0.39 is 5.41 Å². The van der Waals surface area contributed by atoms with Crippen molar-refractivity contribution in [3.05, 3.63) is 77.1 Å². The minimum atomic E-state index is -0.530. The average molecular weight is 431 g/mol. The van der Waals surface area contributed by atoms with Gasteiger partial charge in [0.05, 0.1) is 5.41 Å². The number of H-pyrrole nitrogens is 1. The summed E-state index contributed by atoms with van der Waals surface area (Å²) in [6, 6.07) is 15.3. The molecule has 0 saturated heterocycles. The lowest BCUT2D eigenvalue weighted by atomic mass is 9.94. The van der Waals surface area contributed by atoms with Crippen LogP contribution in [0.3, 0.4) is 0 Å². The number of carbonyl (C=O) groups excluding carboxylic acids is 1. The summed E-state index contributed by atoms with van der Waals surface area (Å²) in [5.41, 5.74) is 4.79. The molecule has 1 fully saturated rings. The number of nitrogens with one attached hydrogen (secondary N) is 2. The van der Waals surface area contributed by atoms with Gasteiger partial charge >= 0.3 is 0 Å². The highest BCUT2D eigenvalue weighted by atomic mass is 35.5. The van der Waals surface area contributed by atoms with Crippen molar-refractivity contribution >= 4 is 23.2 Å². The summed E-state index contributed by atoms with van der Waals surface area (Å²) in [7, 11) is 0. The van der Waals surface area contributed by atoms with Crippen LogP contribution in [0, 0.1) is 6.92 Å². The van der Waals surface area contributed by atoms with Crippen molar-refractivity contribution in [2.24, 2.45) is 0 Å². The van der Waals surface area contributed by atoms with Crippen molar-refractivity contribution in [1.82, 2.24) is 25.6 Å². The number of anilines is 1. The highest BCUT2D eigenvalue weighted by Crippen LogP contribution is 2.49. The molecule has 2 heterocycles. The number of amides is 1. The van der Waals surface area contributed by atoms with E-state index >= 15 is 0 Å². The Labute approximate surface area is 183 Å². The van der Waals surface area contributed by atoms with Gasteiger partial charge in [0.2, 0.25) is 5.91 Å². The van der Waals surface area contributed by atoms with Crippen molar-refractivity contribution in [2.45, 2.75) is 25.2 Å². The molecule has 2 aromatic carbocycles. The zero-order chi connectivity index (χ0) is 21.4. The third-order valence-corrected chi connectivity index (χ3v) is 5.86. The molecular formula is C23H19ClN6O. The predicted molar refractivity (Wildman–Crippen MR) is 119 cm³/mol. The SMILES string of the molecule is Cc1cncc(-c2ccc(NC(=O)C3(c4cccc(Cl)c4)CC3)cc2-c2nnn[nH]2)c1. The first kappa shape index (κ1) is 19.4. The van der Waals surface area contributed by atoms with Crippen LogP contribution in [0.25, 0.3) is 22.5 Å². The zero-order valence-corrected chi connectivity index (χ0v) is 17.5. The largest absolute Gasteiger partial charge is 0.325 e. The van der Waals surface area contributed by atoms with E-state index in [9.17, 15) is 4.79 Å². The van der Waals surface area contributed by atoms with Crippen LogP contribution in [0.5, 0.6) is 0 Å². The van der Waals surface area contributed by atoms with Crippen LogP contribution in [0.2, 0.25) is 5.02 Å². The number of aryl methyl sites for hydroxylation is 1. The van der Waals surface area contributed by atoms with Gasteiger partial charge in [-0.2, -0.15) is 0 Å². The molecule has 1 amide bonds. The number of carbonyl (C=O) groups is 1. The number of aromatic nitrogens is 5. The summed E-state index contributed by atoms with van der Waals surface area (Å²) in [6.07, 6.45) is 5.20. The van der Waals surface area contributed by atoms with Crippen molar-refractivity contribution in [3.8, 4) is 22.5 Å². The topological polar surface area (TPSA) is 96.5 Å². The molecule has 4 aromatic rings. The summed E-state index contributed by atoms with van der Waals surface area (Å²) >= 11 is 6.15. The Balaban J connectivity index is 1.49. The molecule has 1 aliphatic carbocycles. The lowest BCUT2D eigenvalue weighted by Gasteiger charge is -2.17. The summed E-state index contributed by atoms with van der Waals surface area (Å²) < 4.78 is 0. The Morgan fingerprint density at radius 3 is 2.68 bits per heavy atom. The molecule has 154 valence electrons. The number of hydrogen-bond acceptors (Lipinski definition) is 5. The molecule has 0 radical (unpaired) electrons. The minimum Gasteiger partial charge on any atom is -0.325 e. The Morgan fingerprint density at radius 2 is 1.97 bits per heavy atom. The molecule has 0 bridgehead atoms. The van der Waals surface area contributed by atoms with Gasteiger partial charge in [-0.3, -0.25) is 9.78 Å². The van der Waals surface area contributed by atoms with E-state index in [-0.39, 0.29) is 5.91 Å². The van der Waals surface area contributed by atoms with Gasteiger partial charge in [0.1, 0.15) is 0 Å². The fourth-order valence-corrected chi connectivity index (χ4v) is 4.04. The average Bonchev–Trinajstić information content (AvgIpc) is 3.41. The molecule has 0 spiro atoms. The standard InChI is InChI=1S/C23H19ClN6O/c1-14-9-15(13-25-12-14)19-6-5-18(11-20(19)21-27-29-30-28-21)26-22(31)23(7-8-23)16-3-2-4-17(24)10-16/h2-6,9-13H,7-8H2,1H3,(H,26,31)(H,27,28,29,30). The number of hydrogen-bond donors (Lipinski definition) is 2. The molecule has 0 atom stereocenters. The van der Waals surface area contributed by atoms with Gasteiger partial charge in [-0.05, 0) is 77.2 Å². The first-order chi connectivity index (χ1) is 15.0. The summed E-state index contributed by atoms with van der Waals surface area (Å²) in [5, 5.41) is 18.0. The van der Waals surface area contributed by atoms with Gasteiger partial charge in [-0.1, -0.05) is 29.8 Å². The summed E-state index contributed by atoms with van der Waals surface area (Å²) in [6.45, 7) is 1.99. The highest BCUT2D eigenvalue weighted by Gasteiger charge is 2.51. The van der Waals surface area contributed by atoms with Gasteiger partial charge in [0, 0.05) is 34.2 Å². The Morgan fingerprint density at radius 1 is 1.10 bits per heavy atom. The van der Waals surface area contributed by atoms with Crippen LogP contribution < -0.4 is 5.32 Å². The normalized spacial score (nSPS) is 14.3. The zero-order valence-electron chi connectivity index (χ0n) is 16.8. The Bertz CT molecular complexity index is 1270. The molecule has 2 aromatic heterocycles. The molecular weight excluding hydrogens is 412 g/mol. The molecule has 8 heteroatoms. The number of aromatic amines is 1. The van der Waals surface area contributed by atoms with E-state index in [1.165, 1.54) is 0 Å². The molecule has 2 N–H and O–H groups in total. The van der Waals surface area contributed by atoms with Gasteiger partial charge in [-0.15, -0.1) is 5.10 Å². The maximum Gasteiger partial charge on any atom is 0.235 e. The number of benzene rings is 2. The van der Waals surface area contributed by atoms with E-state index in [0.717, 1.165) is 40.7 Å². The lowest BCUT2D eigenvalue weighted by molar-refractivity contribution is -0.118. The highest BCUT2D eigenvalue weighted by molar-refractivity contribution is 6.30. The van der Waals surface area contributed by atoms with E-state index in [2.05, 4.69) is 30.9 Å². The van der Waals surface area contributed by atoms with Crippen LogP contribution in [0.15, 0.2) is 60.9 Å². The minimum absolute atomic E-state index is 0.0404. The van der Waals surface area contributed by atoms with E-state index in [0.29, 0.717) is 16.5 Å². The number of rotatable bonds is 5. The smallest absolute Gasteiger partial charge is 0.235 e. The van der Waals surface area contributed by atoms with Gasteiger partial charge < -0.3 is 5.32 Å². The molecule has 31 heavy (non-hydrogen) atoms. The van der Waals surface area contributed by atoms with Gasteiger partial charge in [0.25, 0.3) is 0 Å². The maximum atomic E-state index is 13.2. The number of halogens is 1. The third kappa shape index (κ3) is 3.68. The van der Waals surface area contributed by atoms with Gasteiger partial charge in [-0.25, -0.2) is 5.10 Å². The number of pyridine rings is 1. The van der Waals surface area contributed by atoms with Crippen molar-refractivity contribution in [2.75, 3.05) is 5.32 Å². The van der Waals surface area contributed by atoms with Gasteiger partial charge in [0.15, 0.2) is 5.82 Å². The fourth-order valence-electron chi connectivity index (χ4n) is 3.85. The summed E-state index contributed by atoms with van der Waals surface area (Å²) in [5.74, 6) is 0.477. The van der Waals surface area contributed by atoms with Crippen molar-refractivity contribution in [3.63, 3.8) is 0 Å². The first-order valence-electron chi connectivity index (χ1n) is 9.93.